The number of aromatic nitrogens is 2. The highest BCUT2D eigenvalue weighted by Gasteiger charge is 2.42. The van der Waals surface area contributed by atoms with E-state index in [1.807, 2.05) is 37.4 Å². The summed E-state index contributed by atoms with van der Waals surface area (Å²) in [6.45, 7) is 6.27. The van der Waals surface area contributed by atoms with Gasteiger partial charge in [0.2, 0.25) is 5.91 Å². The van der Waals surface area contributed by atoms with Gasteiger partial charge in [-0.1, -0.05) is 13.0 Å². The van der Waals surface area contributed by atoms with E-state index < -0.39 is 5.54 Å². The van der Waals surface area contributed by atoms with Gasteiger partial charge in [0.1, 0.15) is 5.54 Å². The highest BCUT2D eigenvalue weighted by Crippen LogP contribution is 2.32. The quantitative estimate of drug-likeness (QED) is 0.729. The molecule has 7 heteroatoms. The molecular weight excluding hydrogens is 356 g/mol. The van der Waals surface area contributed by atoms with Crippen molar-refractivity contribution in [2.24, 2.45) is 0 Å². The molecule has 0 saturated carbocycles. The Labute approximate surface area is 166 Å². The molecule has 3 rings (SSSR count). The lowest BCUT2D eigenvalue weighted by molar-refractivity contribution is -0.132. The molecule has 152 valence electrons. The highest BCUT2D eigenvalue weighted by molar-refractivity contribution is 5.85. The van der Waals surface area contributed by atoms with Gasteiger partial charge in [0.15, 0.2) is 11.5 Å². The van der Waals surface area contributed by atoms with Gasteiger partial charge in [-0.05, 0) is 63.0 Å². The van der Waals surface area contributed by atoms with Gasteiger partial charge in [-0.15, -0.1) is 0 Å². The zero-order valence-electron chi connectivity index (χ0n) is 16.9. The first-order chi connectivity index (χ1) is 13.6. The van der Waals surface area contributed by atoms with Crippen molar-refractivity contribution in [2.75, 3.05) is 26.8 Å². The molecule has 1 atom stereocenters. The summed E-state index contributed by atoms with van der Waals surface area (Å²) in [5.41, 5.74) is 0.315. The Morgan fingerprint density at radius 1 is 1.36 bits per heavy atom. The Hall–Kier alpha value is -2.54. The largest absolute Gasteiger partial charge is 0.493 e. The molecule has 1 aliphatic heterocycles. The highest BCUT2D eigenvalue weighted by atomic mass is 16.5. The summed E-state index contributed by atoms with van der Waals surface area (Å²) in [6.07, 6.45) is 5.95. The first-order valence-corrected chi connectivity index (χ1v) is 9.93. The van der Waals surface area contributed by atoms with Crippen LogP contribution in [0.25, 0.3) is 0 Å². The number of hydrogen-bond donors (Lipinski definition) is 2. The van der Waals surface area contributed by atoms with Crippen molar-refractivity contribution in [1.29, 1.82) is 0 Å². The average Bonchev–Trinajstić information content (AvgIpc) is 3.28. The standard InChI is InChI=1S/C21H30N4O3/c1-4-14-28-18-7-6-17(15-19(18)27-3)16(2)24-20(26)21(8-11-22-12-9-21)25-13-5-10-23-25/h5-7,10,13,15-16,22H,4,8-9,11-12,14H2,1-3H3,(H,24,26). The van der Waals surface area contributed by atoms with E-state index >= 15 is 0 Å². The number of piperidine rings is 1. The zero-order chi connectivity index (χ0) is 20.0. The van der Waals surface area contributed by atoms with Gasteiger partial charge < -0.3 is 20.1 Å². The van der Waals surface area contributed by atoms with Crippen LogP contribution in [0.3, 0.4) is 0 Å². The molecule has 2 aromatic rings. The summed E-state index contributed by atoms with van der Waals surface area (Å²) in [5, 5.41) is 10.9. The predicted octanol–water partition coefficient (Wildman–Crippen LogP) is 2.64. The molecule has 1 saturated heterocycles. The summed E-state index contributed by atoms with van der Waals surface area (Å²) in [5.74, 6) is 1.39. The van der Waals surface area contributed by atoms with Crippen LogP contribution >= 0.6 is 0 Å². The van der Waals surface area contributed by atoms with Gasteiger partial charge in [0.05, 0.1) is 19.8 Å². The van der Waals surface area contributed by atoms with E-state index in [-0.39, 0.29) is 11.9 Å². The van der Waals surface area contributed by atoms with Crippen LogP contribution in [0.4, 0.5) is 0 Å². The molecular formula is C21H30N4O3. The summed E-state index contributed by atoms with van der Waals surface area (Å²) in [7, 11) is 1.63. The maximum atomic E-state index is 13.3. The van der Waals surface area contributed by atoms with Gasteiger partial charge in [-0.3, -0.25) is 9.48 Å². The van der Waals surface area contributed by atoms with E-state index in [1.165, 1.54) is 0 Å². The Kier molecular flexibility index (Phi) is 6.57. The van der Waals surface area contributed by atoms with Crippen molar-refractivity contribution in [2.45, 2.75) is 44.7 Å². The SMILES string of the molecule is CCCOc1ccc(C(C)NC(=O)C2(n3cccn3)CCNCC2)cc1OC. The number of hydrogen-bond acceptors (Lipinski definition) is 5. The Balaban J connectivity index is 1.77. The molecule has 1 aromatic heterocycles. The van der Waals surface area contributed by atoms with Gasteiger partial charge >= 0.3 is 0 Å². The first-order valence-electron chi connectivity index (χ1n) is 9.93. The third kappa shape index (κ3) is 4.14. The molecule has 28 heavy (non-hydrogen) atoms. The number of amides is 1. The molecule has 1 aromatic carbocycles. The second kappa shape index (κ2) is 9.10. The minimum absolute atomic E-state index is 0.00419. The molecule has 0 spiro atoms. The molecule has 0 bridgehead atoms. The molecule has 1 unspecified atom stereocenters. The average molecular weight is 386 g/mol. The van der Waals surface area contributed by atoms with Crippen molar-refractivity contribution in [3.05, 3.63) is 42.2 Å². The maximum absolute atomic E-state index is 13.3. The van der Waals surface area contributed by atoms with Crippen LogP contribution in [-0.4, -0.2) is 42.5 Å². The maximum Gasteiger partial charge on any atom is 0.248 e. The molecule has 0 radical (unpaired) electrons. The van der Waals surface area contributed by atoms with Crippen LogP contribution in [0.5, 0.6) is 11.5 Å². The summed E-state index contributed by atoms with van der Waals surface area (Å²) < 4.78 is 13.0. The second-order valence-electron chi connectivity index (χ2n) is 7.19. The topological polar surface area (TPSA) is 77.4 Å². The van der Waals surface area contributed by atoms with Gasteiger partial charge in [0.25, 0.3) is 0 Å². The number of rotatable bonds is 8. The Morgan fingerprint density at radius 2 is 2.14 bits per heavy atom. The fourth-order valence-electron chi connectivity index (χ4n) is 3.62. The summed E-state index contributed by atoms with van der Waals surface area (Å²) in [6, 6.07) is 7.50. The van der Waals surface area contributed by atoms with E-state index in [0.717, 1.165) is 30.8 Å². The third-order valence-electron chi connectivity index (χ3n) is 5.29. The lowest BCUT2D eigenvalue weighted by atomic mass is 9.87. The Morgan fingerprint density at radius 3 is 2.79 bits per heavy atom. The van der Waals surface area contributed by atoms with E-state index in [0.29, 0.717) is 25.2 Å². The molecule has 0 aliphatic carbocycles. The van der Waals surface area contributed by atoms with E-state index in [1.54, 1.807) is 18.0 Å². The van der Waals surface area contributed by atoms with Crippen molar-refractivity contribution < 1.29 is 14.3 Å². The molecule has 7 nitrogen and oxygen atoms in total. The van der Waals surface area contributed by atoms with Gasteiger partial charge in [-0.2, -0.15) is 5.10 Å². The monoisotopic (exact) mass is 386 g/mol. The zero-order valence-corrected chi connectivity index (χ0v) is 16.9. The second-order valence-corrected chi connectivity index (χ2v) is 7.19. The van der Waals surface area contributed by atoms with Crippen LogP contribution < -0.4 is 20.1 Å². The number of ether oxygens (including phenoxy) is 2. The molecule has 2 heterocycles. The molecule has 1 fully saturated rings. The fraction of sp³-hybridized carbons (Fsp3) is 0.524. The van der Waals surface area contributed by atoms with E-state index in [4.69, 9.17) is 9.47 Å². The first kappa shape index (κ1) is 20.2. The normalized spacial score (nSPS) is 17.0. The lowest BCUT2D eigenvalue weighted by Crippen LogP contribution is -2.55. The minimum atomic E-state index is -0.655. The van der Waals surface area contributed by atoms with Crippen molar-refractivity contribution >= 4 is 5.91 Å². The number of nitrogens with zero attached hydrogens (tertiary/aromatic N) is 2. The number of carbonyl (C=O) groups is 1. The molecule has 1 amide bonds. The van der Waals surface area contributed by atoms with Gasteiger partial charge in [-0.25, -0.2) is 0 Å². The number of benzene rings is 1. The third-order valence-corrected chi connectivity index (χ3v) is 5.29. The van der Waals surface area contributed by atoms with Crippen molar-refractivity contribution in [3.8, 4) is 11.5 Å². The van der Waals surface area contributed by atoms with Crippen LogP contribution in [0.15, 0.2) is 36.7 Å². The number of methoxy groups -OCH3 is 1. The number of nitrogens with one attached hydrogen (secondary N) is 2. The summed E-state index contributed by atoms with van der Waals surface area (Å²) >= 11 is 0. The van der Waals surface area contributed by atoms with Crippen molar-refractivity contribution in [1.82, 2.24) is 20.4 Å². The molecule has 1 aliphatic rings. The van der Waals surface area contributed by atoms with Crippen LogP contribution in [0.1, 0.15) is 44.7 Å². The smallest absolute Gasteiger partial charge is 0.248 e. The van der Waals surface area contributed by atoms with E-state index in [9.17, 15) is 4.79 Å². The van der Waals surface area contributed by atoms with E-state index in [2.05, 4.69) is 22.7 Å². The van der Waals surface area contributed by atoms with Gasteiger partial charge in [0, 0.05) is 12.4 Å². The lowest BCUT2D eigenvalue weighted by Gasteiger charge is -2.37. The Bertz CT molecular complexity index is 770. The molecule has 2 N–H and O–H groups in total. The van der Waals surface area contributed by atoms with Crippen LogP contribution in [0.2, 0.25) is 0 Å². The van der Waals surface area contributed by atoms with Crippen LogP contribution in [-0.2, 0) is 10.3 Å². The number of carbonyl (C=O) groups excluding carboxylic acids is 1. The summed E-state index contributed by atoms with van der Waals surface area (Å²) in [4.78, 5) is 13.3. The minimum Gasteiger partial charge on any atom is -0.493 e. The van der Waals surface area contributed by atoms with Crippen LogP contribution in [0, 0.1) is 0 Å². The predicted molar refractivity (Wildman–Crippen MR) is 108 cm³/mol. The van der Waals surface area contributed by atoms with Crippen molar-refractivity contribution in [3.63, 3.8) is 0 Å². The fourth-order valence-corrected chi connectivity index (χ4v) is 3.62.